The Morgan fingerprint density at radius 3 is 2.12 bits per heavy atom. The third-order valence-corrected chi connectivity index (χ3v) is 5.00. The van der Waals surface area contributed by atoms with Crippen molar-refractivity contribution in [2.24, 2.45) is 5.10 Å². The number of fused-ring (bicyclic) bond motifs is 1. The van der Waals surface area contributed by atoms with Crippen molar-refractivity contribution in [3.05, 3.63) is 75.8 Å². The van der Waals surface area contributed by atoms with Crippen LogP contribution in [0.5, 0.6) is 5.75 Å². The molecule has 3 aromatic carbocycles. The van der Waals surface area contributed by atoms with Crippen LogP contribution in [0, 0.1) is 0 Å². The van der Waals surface area contributed by atoms with E-state index in [0.717, 1.165) is 28.5 Å². The zero-order chi connectivity index (χ0) is 24.4. The molecule has 0 fully saturated rings. The van der Waals surface area contributed by atoms with Gasteiger partial charge in [0.2, 0.25) is 0 Å². The lowest BCUT2D eigenvalue weighted by atomic mass is 10.1. The summed E-state index contributed by atoms with van der Waals surface area (Å²) in [6, 6.07) is 9.83. The smallest absolute Gasteiger partial charge is 0.462 e. The Morgan fingerprint density at radius 2 is 1.48 bits per heavy atom. The van der Waals surface area contributed by atoms with E-state index in [4.69, 9.17) is 27.9 Å². The molecule has 1 N–H and O–H groups in total. The van der Waals surface area contributed by atoms with Crippen LogP contribution in [0.3, 0.4) is 0 Å². The molecule has 3 aromatic rings. The van der Waals surface area contributed by atoms with Gasteiger partial charge >= 0.3 is 18.1 Å². The third kappa shape index (κ3) is 5.27. The van der Waals surface area contributed by atoms with Gasteiger partial charge in [-0.25, -0.2) is 5.43 Å². The van der Waals surface area contributed by atoms with Crippen molar-refractivity contribution < 1.29 is 35.5 Å². The number of halogens is 9. The predicted molar refractivity (Wildman–Crippen MR) is 111 cm³/mol. The van der Waals surface area contributed by atoms with Gasteiger partial charge in [0, 0.05) is 0 Å². The number of hydrogen-bond donors (Lipinski definition) is 1. The Balaban J connectivity index is 1.74. The van der Waals surface area contributed by atoms with Gasteiger partial charge in [0.15, 0.2) is 5.75 Å². The van der Waals surface area contributed by atoms with E-state index in [0.29, 0.717) is 11.6 Å². The van der Waals surface area contributed by atoms with Gasteiger partial charge in [-0.3, -0.25) is 0 Å². The molecule has 176 valence electrons. The van der Waals surface area contributed by atoms with Crippen molar-refractivity contribution in [1.82, 2.24) is 5.43 Å². The summed E-state index contributed by atoms with van der Waals surface area (Å²) in [7, 11) is 0. The van der Waals surface area contributed by atoms with E-state index >= 15 is 0 Å². The molecule has 0 aliphatic rings. The first-order chi connectivity index (χ1) is 15.3. The molecule has 3 nitrogen and oxygen atoms in total. The molecule has 0 unspecified atom stereocenters. The van der Waals surface area contributed by atoms with Crippen LogP contribution in [0.1, 0.15) is 11.1 Å². The summed E-state index contributed by atoms with van der Waals surface area (Å²) in [6.07, 6.45) is -5.92. The second-order valence-corrected chi connectivity index (χ2v) is 7.57. The van der Waals surface area contributed by atoms with E-state index in [2.05, 4.69) is 5.10 Å². The fourth-order valence-electron chi connectivity index (χ4n) is 2.80. The first-order valence-corrected chi connectivity index (χ1v) is 9.80. The van der Waals surface area contributed by atoms with E-state index < -0.39 is 18.1 Å². The normalized spacial score (nSPS) is 13.0. The molecule has 3 rings (SSSR count). The number of hydrogen-bond acceptors (Lipinski definition) is 3. The number of ether oxygens (including phenoxy) is 1. The lowest BCUT2D eigenvalue weighted by Crippen LogP contribution is -2.58. The van der Waals surface area contributed by atoms with Crippen LogP contribution >= 0.6 is 23.2 Å². The van der Waals surface area contributed by atoms with Gasteiger partial charge in [0.1, 0.15) is 6.61 Å². The summed E-state index contributed by atoms with van der Waals surface area (Å²) in [5.41, 5.74) is 1.30. The molecule has 0 radical (unpaired) electrons. The first kappa shape index (κ1) is 24.9. The van der Waals surface area contributed by atoms with Crippen molar-refractivity contribution >= 4 is 40.2 Å². The second kappa shape index (κ2) is 9.26. The second-order valence-electron chi connectivity index (χ2n) is 6.76. The van der Waals surface area contributed by atoms with Gasteiger partial charge in [-0.2, -0.15) is 35.8 Å². The van der Waals surface area contributed by atoms with Crippen LogP contribution in [0.25, 0.3) is 10.8 Å². The molecule has 33 heavy (non-hydrogen) atoms. The van der Waals surface area contributed by atoms with Crippen molar-refractivity contribution in [3.63, 3.8) is 0 Å². The number of benzene rings is 3. The van der Waals surface area contributed by atoms with Gasteiger partial charge in [0.05, 0.1) is 16.3 Å². The Bertz CT molecular complexity index is 1150. The highest BCUT2D eigenvalue weighted by atomic mass is 35.5. The number of nitrogens with one attached hydrogen (secondary N) is 1. The molecule has 0 aliphatic carbocycles. The topological polar surface area (TPSA) is 33.6 Å². The molecule has 0 saturated carbocycles. The van der Waals surface area contributed by atoms with Gasteiger partial charge in [0.25, 0.3) is 0 Å². The number of alkyl halides is 7. The highest BCUT2D eigenvalue weighted by molar-refractivity contribution is 6.37. The van der Waals surface area contributed by atoms with Crippen LogP contribution in [-0.4, -0.2) is 24.4 Å². The monoisotopic (exact) mass is 512 g/mol. The SMILES string of the molecule is FC(F)(F)C(F)(F)C(F)(F)N/N=C/c1cc(Cl)c(OCc2cccc3ccccc23)c(Cl)c1. The fraction of sp³-hybridized carbons (Fsp3) is 0.190. The van der Waals surface area contributed by atoms with E-state index in [1.807, 2.05) is 42.5 Å². The zero-order valence-electron chi connectivity index (χ0n) is 16.2. The maximum absolute atomic E-state index is 13.2. The summed E-state index contributed by atoms with van der Waals surface area (Å²) in [6.45, 7) is 0.0918. The maximum Gasteiger partial charge on any atom is 0.462 e. The first-order valence-electron chi connectivity index (χ1n) is 9.04. The molecular weight excluding hydrogens is 500 g/mol. The van der Waals surface area contributed by atoms with Gasteiger partial charge in [-0.15, -0.1) is 0 Å². The minimum atomic E-state index is -6.48. The molecule has 12 heteroatoms. The minimum Gasteiger partial charge on any atom is -0.486 e. The Labute approximate surface area is 192 Å². The Kier molecular flexibility index (Phi) is 6.99. The quantitative estimate of drug-likeness (QED) is 0.154. The summed E-state index contributed by atoms with van der Waals surface area (Å²) in [5.74, 6) is -6.28. The highest BCUT2D eigenvalue weighted by Gasteiger charge is 2.73. The molecule has 0 amide bonds. The third-order valence-electron chi connectivity index (χ3n) is 4.44. The van der Waals surface area contributed by atoms with E-state index in [9.17, 15) is 30.7 Å². The maximum atomic E-state index is 13.2. The van der Waals surface area contributed by atoms with Gasteiger partial charge < -0.3 is 4.74 Å². The molecule has 0 spiro atoms. The summed E-state index contributed by atoms with van der Waals surface area (Å²) >= 11 is 12.2. The lowest BCUT2D eigenvalue weighted by Gasteiger charge is -2.27. The molecule has 0 saturated heterocycles. The van der Waals surface area contributed by atoms with Gasteiger partial charge in [-0.1, -0.05) is 65.7 Å². The molecule has 0 aliphatic heterocycles. The molecule has 0 atom stereocenters. The van der Waals surface area contributed by atoms with Crippen LogP contribution in [-0.2, 0) is 6.61 Å². The highest BCUT2D eigenvalue weighted by Crippen LogP contribution is 2.45. The summed E-state index contributed by atoms with van der Waals surface area (Å²) in [4.78, 5) is 0. The standard InChI is InChI=1S/C21H13Cl2F7N2O/c22-16-8-12(10-31-32-21(29,30)19(24,25)20(26,27)28)9-17(23)18(16)33-11-14-6-3-5-13-4-1-2-7-15(13)14/h1-10,32H,11H2/b31-10+. The van der Waals surface area contributed by atoms with Crippen molar-refractivity contribution in [3.8, 4) is 5.75 Å². The molecular formula is C21H13Cl2F7N2O. The van der Waals surface area contributed by atoms with Crippen molar-refractivity contribution in [2.45, 2.75) is 24.8 Å². The van der Waals surface area contributed by atoms with Crippen LogP contribution in [0.4, 0.5) is 30.7 Å². The average molecular weight is 513 g/mol. The van der Waals surface area contributed by atoms with Crippen molar-refractivity contribution in [2.75, 3.05) is 0 Å². The molecule has 0 aromatic heterocycles. The molecule has 0 heterocycles. The van der Waals surface area contributed by atoms with E-state index in [1.54, 1.807) is 0 Å². The number of rotatable bonds is 7. The van der Waals surface area contributed by atoms with Crippen LogP contribution < -0.4 is 10.2 Å². The van der Waals surface area contributed by atoms with Gasteiger partial charge in [-0.05, 0) is 34.0 Å². The lowest BCUT2D eigenvalue weighted by molar-refractivity contribution is -0.361. The van der Waals surface area contributed by atoms with E-state index in [-0.39, 0.29) is 28.0 Å². The largest absolute Gasteiger partial charge is 0.486 e. The predicted octanol–water partition coefficient (Wildman–Crippen LogP) is 7.44. The fourth-order valence-corrected chi connectivity index (χ4v) is 3.41. The van der Waals surface area contributed by atoms with Crippen LogP contribution in [0.15, 0.2) is 59.7 Å². The Morgan fingerprint density at radius 1 is 0.879 bits per heavy atom. The number of hydrazone groups is 1. The van der Waals surface area contributed by atoms with Crippen molar-refractivity contribution in [1.29, 1.82) is 0 Å². The number of nitrogens with zero attached hydrogens (tertiary/aromatic N) is 1. The minimum absolute atomic E-state index is 0.0545. The summed E-state index contributed by atoms with van der Waals surface area (Å²) in [5, 5.41) is 4.58. The molecule has 0 bridgehead atoms. The zero-order valence-corrected chi connectivity index (χ0v) is 17.7. The average Bonchev–Trinajstić information content (AvgIpc) is 2.72. The van der Waals surface area contributed by atoms with E-state index in [1.165, 1.54) is 0 Å². The Hall–Kier alpha value is -2.72. The summed E-state index contributed by atoms with van der Waals surface area (Å²) < 4.78 is 94.3. The van der Waals surface area contributed by atoms with Crippen LogP contribution in [0.2, 0.25) is 10.0 Å².